The average Bonchev–Trinajstić information content (AvgIpc) is 3.23. The quantitative estimate of drug-likeness (QED) is 0.793. The topological polar surface area (TPSA) is 39.9 Å². The summed E-state index contributed by atoms with van der Waals surface area (Å²) >= 11 is 0. The molecule has 1 saturated carbocycles. The highest BCUT2D eigenvalue weighted by molar-refractivity contribution is 5.62. The van der Waals surface area contributed by atoms with Gasteiger partial charge in [0.15, 0.2) is 0 Å². The van der Waals surface area contributed by atoms with Gasteiger partial charge in [-0.1, -0.05) is 12.8 Å². The summed E-state index contributed by atoms with van der Waals surface area (Å²) in [7, 11) is 0. The summed E-state index contributed by atoms with van der Waals surface area (Å²) < 4.78 is 13.1. The molecule has 3 nitrogen and oxygen atoms in total. The molecule has 0 N–H and O–H groups in total. The van der Waals surface area contributed by atoms with E-state index in [0.29, 0.717) is 11.5 Å². The summed E-state index contributed by atoms with van der Waals surface area (Å²) in [4.78, 5) is 7.23. The van der Waals surface area contributed by atoms with E-state index in [1.54, 1.807) is 12.1 Å². The summed E-state index contributed by atoms with van der Waals surface area (Å²) in [5.74, 6) is 0.119. The van der Waals surface area contributed by atoms with Gasteiger partial charge in [-0.25, -0.2) is 4.39 Å². The molecule has 0 bridgehead atoms. The van der Waals surface area contributed by atoms with Crippen LogP contribution >= 0.6 is 0 Å². The third-order valence-corrected chi connectivity index (χ3v) is 5.93. The van der Waals surface area contributed by atoms with Crippen LogP contribution in [-0.4, -0.2) is 29.0 Å². The molecule has 2 heterocycles. The van der Waals surface area contributed by atoms with E-state index in [0.717, 1.165) is 35.8 Å². The van der Waals surface area contributed by atoms with Crippen LogP contribution in [0.25, 0.3) is 11.3 Å². The number of hydrogen-bond acceptors (Lipinski definition) is 3. The number of aromatic nitrogens is 1. The number of likely N-dealkylation sites (tertiary alicyclic amines) is 1. The maximum Gasteiger partial charge on any atom is 0.123 e. The molecule has 2 fully saturated rings. The van der Waals surface area contributed by atoms with Gasteiger partial charge in [-0.05, 0) is 74.0 Å². The van der Waals surface area contributed by atoms with Crippen molar-refractivity contribution in [3.63, 3.8) is 0 Å². The predicted octanol–water partition coefficient (Wildman–Crippen LogP) is 4.88. The standard InChI is InChI=1S/C22H24FN3/c23-19-9-7-16(8-10-19)22-12-18(13-24)21(14-25-22)17-4-3-11-26(15-17)20-5-1-2-6-20/h7-10,12,14,17,20H,1-6,11,15H2. The van der Waals surface area contributed by atoms with E-state index in [1.165, 1.54) is 50.8 Å². The second kappa shape index (κ2) is 7.55. The van der Waals surface area contributed by atoms with Crippen LogP contribution in [0.15, 0.2) is 36.5 Å². The molecular weight excluding hydrogens is 325 g/mol. The third-order valence-electron chi connectivity index (χ3n) is 5.93. The lowest BCUT2D eigenvalue weighted by Crippen LogP contribution is -2.40. The Hall–Kier alpha value is -2.25. The molecular formula is C22H24FN3. The number of halogens is 1. The number of hydrogen-bond donors (Lipinski definition) is 0. The van der Waals surface area contributed by atoms with Crippen LogP contribution in [0.4, 0.5) is 4.39 Å². The molecule has 4 heteroatoms. The van der Waals surface area contributed by atoms with Gasteiger partial charge in [0.05, 0.1) is 17.3 Å². The monoisotopic (exact) mass is 349 g/mol. The summed E-state index contributed by atoms with van der Waals surface area (Å²) in [5, 5.41) is 9.69. The molecule has 2 aliphatic rings. The van der Waals surface area contributed by atoms with Crippen molar-refractivity contribution in [2.45, 2.75) is 50.5 Å². The van der Waals surface area contributed by atoms with Crippen molar-refractivity contribution in [1.29, 1.82) is 5.26 Å². The summed E-state index contributed by atoms with van der Waals surface area (Å²) in [6, 6.07) is 11.2. The molecule has 1 aliphatic carbocycles. The molecule has 1 aliphatic heterocycles. The van der Waals surface area contributed by atoms with Gasteiger partial charge in [-0.2, -0.15) is 5.26 Å². The van der Waals surface area contributed by atoms with Crippen molar-refractivity contribution in [3.8, 4) is 17.3 Å². The van der Waals surface area contributed by atoms with Gasteiger partial charge in [0.25, 0.3) is 0 Å². The first-order valence-corrected chi connectivity index (χ1v) is 9.64. The largest absolute Gasteiger partial charge is 0.300 e. The SMILES string of the molecule is N#Cc1cc(-c2ccc(F)cc2)ncc1C1CCCN(C2CCCC2)C1. The van der Waals surface area contributed by atoms with Crippen molar-refractivity contribution >= 4 is 0 Å². The second-order valence-electron chi connectivity index (χ2n) is 7.55. The van der Waals surface area contributed by atoms with E-state index < -0.39 is 0 Å². The van der Waals surface area contributed by atoms with Gasteiger partial charge >= 0.3 is 0 Å². The predicted molar refractivity (Wildman–Crippen MR) is 100 cm³/mol. The van der Waals surface area contributed by atoms with Gasteiger partial charge in [-0.3, -0.25) is 9.88 Å². The minimum absolute atomic E-state index is 0.264. The van der Waals surface area contributed by atoms with Gasteiger partial charge in [-0.15, -0.1) is 0 Å². The van der Waals surface area contributed by atoms with Crippen LogP contribution in [0.1, 0.15) is 55.6 Å². The molecule has 1 atom stereocenters. The Balaban J connectivity index is 1.58. The lowest BCUT2D eigenvalue weighted by Gasteiger charge is -2.37. The number of nitrogens with zero attached hydrogens (tertiary/aromatic N) is 3. The Kier molecular flexibility index (Phi) is 4.99. The van der Waals surface area contributed by atoms with Crippen molar-refractivity contribution in [1.82, 2.24) is 9.88 Å². The molecule has 134 valence electrons. The number of pyridine rings is 1. The van der Waals surface area contributed by atoms with Crippen LogP contribution in [0.5, 0.6) is 0 Å². The normalized spacial score (nSPS) is 21.6. The first kappa shape index (κ1) is 17.2. The first-order valence-electron chi connectivity index (χ1n) is 9.64. The third kappa shape index (κ3) is 3.50. The highest BCUT2D eigenvalue weighted by atomic mass is 19.1. The lowest BCUT2D eigenvalue weighted by atomic mass is 9.87. The molecule has 1 saturated heterocycles. The summed E-state index contributed by atoms with van der Waals surface area (Å²) in [5.41, 5.74) is 3.35. The van der Waals surface area contributed by atoms with Gasteiger partial charge in [0, 0.05) is 24.3 Å². The van der Waals surface area contributed by atoms with Crippen LogP contribution in [0, 0.1) is 17.1 Å². The minimum Gasteiger partial charge on any atom is -0.300 e. The molecule has 26 heavy (non-hydrogen) atoms. The maximum absolute atomic E-state index is 13.1. The molecule has 1 aromatic heterocycles. The maximum atomic E-state index is 13.1. The van der Waals surface area contributed by atoms with Gasteiger partial charge in [0.1, 0.15) is 5.82 Å². The molecule has 4 rings (SSSR count). The van der Waals surface area contributed by atoms with Gasteiger partial charge in [0.2, 0.25) is 0 Å². The number of benzene rings is 1. The highest BCUT2D eigenvalue weighted by Gasteiger charge is 2.29. The van der Waals surface area contributed by atoms with Crippen molar-refractivity contribution in [2.75, 3.05) is 13.1 Å². The number of nitriles is 1. The smallest absolute Gasteiger partial charge is 0.123 e. The average molecular weight is 349 g/mol. The zero-order valence-electron chi connectivity index (χ0n) is 15.0. The van der Waals surface area contributed by atoms with E-state index in [-0.39, 0.29) is 5.82 Å². The summed E-state index contributed by atoms with van der Waals surface area (Å²) in [6.07, 6.45) is 9.52. The van der Waals surface area contributed by atoms with Crippen LogP contribution in [-0.2, 0) is 0 Å². The Labute approximate surface area is 154 Å². The molecule has 1 aromatic carbocycles. The number of rotatable bonds is 3. The van der Waals surface area contributed by atoms with E-state index in [4.69, 9.17) is 0 Å². The zero-order chi connectivity index (χ0) is 17.9. The molecule has 2 aromatic rings. The van der Waals surface area contributed by atoms with E-state index in [9.17, 15) is 9.65 Å². The van der Waals surface area contributed by atoms with Crippen molar-refractivity contribution in [2.24, 2.45) is 0 Å². The van der Waals surface area contributed by atoms with Crippen LogP contribution in [0.3, 0.4) is 0 Å². The van der Waals surface area contributed by atoms with E-state index in [1.807, 2.05) is 12.3 Å². The van der Waals surface area contributed by atoms with E-state index in [2.05, 4.69) is 16.0 Å². The second-order valence-corrected chi connectivity index (χ2v) is 7.55. The molecule has 0 amide bonds. The fraction of sp³-hybridized carbons (Fsp3) is 0.455. The lowest BCUT2D eigenvalue weighted by molar-refractivity contribution is 0.150. The van der Waals surface area contributed by atoms with Crippen molar-refractivity contribution in [3.05, 3.63) is 53.5 Å². The summed E-state index contributed by atoms with van der Waals surface area (Å²) in [6.45, 7) is 2.22. The Morgan fingerprint density at radius 2 is 1.85 bits per heavy atom. The highest BCUT2D eigenvalue weighted by Crippen LogP contribution is 2.34. The van der Waals surface area contributed by atoms with Crippen LogP contribution in [0.2, 0.25) is 0 Å². The Bertz CT molecular complexity index is 803. The van der Waals surface area contributed by atoms with Gasteiger partial charge < -0.3 is 0 Å². The minimum atomic E-state index is -0.264. The Morgan fingerprint density at radius 1 is 1.08 bits per heavy atom. The fourth-order valence-corrected chi connectivity index (χ4v) is 4.53. The Morgan fingerprint density at radius 3 is 2.58 bits per heavy atom. The number of piperidine rings is 1. The van der Waals surface area contributed by atoms with Crippen molar-refractivity contribution < 1.29 is 4.39 Å². The van der Waals surface area contributed by atoms with Crippen LogP contribution < -0.4 is 0 Å². The van der Waals surface area contributed by atoms with E-state index >= 15 is 0 Å². The first-order chi connectivity index (χ1) is 12.7. The zero-order valence-corrected chi connectivity index (χ0v) is 15.0. The molecule has 0 radical (unpaired) electrons. The fourth-order valence-electron chi connectivity index (χ4n) is 4.53. The molecule has 0 spiro atoms. The molecule has 1 unspecified atom stereocenters.